The molecule has 0 atom stereocenters. The molecule has 3 heteroatoms. The molecule has 0 N–H and O–H groups in total. The summed E-state index contributed by atoms with van der Waals surface area (Å²) >= 11 is 0. The fourth-order valence-electron chi connectivity index (χ4n) is 3.03. The van der Waals surface area contributed by atoms with Crippen LogP contribution in [0.5, 0.6) is 0 Å². The van der Waals surface area contributed by atoms with Gasteiger partial charge in [-0.1, -0.05) is 91.0 Å². The molecule has 3 aromatic rings. The van der Waals surface area contributed by atoms with E-state index in [4.69, 9.17) is 0 Å². The molecule has 3 aromatic carbocycles. The molecule has 0 aromatic heterocycles. The molecule has 0 aliphatic rings. The van der Waals surface area contributed by atoms with Crippen molar-refractivity contribution < 1.29 is 14.4 Å². The van der Waals surface area contributed by atoms with Gasteiger partial charge < -0.3 is 0 Å². The summed E-state index contributed by atoms with van der Waals surface area (Å²) in [6.07, 6.45) is 0.0205. The molecule has 0 heterocycles. The van der Waals surface area contributed by atoms with Crippen molar-refractivity contribution in [1.29, 1.82) is 0 Å². The van der Waals surface area contributed by atoms with Crippen LogP contribution in [0.25, 0.3) is 0 Å². The van der Waals surface area contributed by atoms with E-state index in [1.165, 1.54) is 0 Å². The predicted molar refractivity (Wildman–Crippen MR) is 105 cm³/mol. The number of benzene rings is 3. The summed E-state index contributed by atoms with van der Waals surface area (Å²) in [5.74, 6) is -1.13. The second kappa shape index (κ2) is 8.86. The van der Waals surface area contributed by atoms with Gasteiger partial charge in [-0.2, -0.15) is 0 Å². The Bertz CT molecular complexity index is 862. The fourth-order valence-corrected chi connectivity index (χ4v) is 3.03. The van der Waals surface area contributed by atoms with E-state index in [0.717, 1.165) is 0 Å². The lowest BCUT2D eigenvalue weighted by atomic mass is 9.86. The van der Waals surface area contributed by atoms with Gasteiger partial charge in [-0.25, -0.2) is 0 Å². The summed E-state index contributed by atoms with van der Waals surface area (Å²) in [5.41, 5.74) is 1.62. The Morgan fingerprint density at radius 1 is 0.519 bits per heavy atom. The van der Waals surface area contributed by atoms with E-state index in [-0.39, 0.29) is 30.2 Å². The van der Waals surface area contributed by atoms with Crippen molar-refractivity contribution in [3.05, 3.63) is 108 Å². The SMILES string of the molecule is O=C(CC(CC(=O)c1ccccc1)C(=O)c1ccccc1)c1ccccc1. The first-order chi connectivity index (χ1) is 13.1. The molecule has 0 saturated carbocycles. The van der Waals surface area contributed by atoms with Gasteiger partial charge in [-0.15, -0.1) is 0 Å². The minimum atomic E-state index is -0.687. The fraction of sp³-hybridized carbons (Fsp3) is 0.125. The normalized spacial score (nSPS) is 10.6. The van der Waals surface area contributed by atoms with Crippen molar-refractivity contribution in [2.45, 2.75) is 12.8 Å². The molecular weight excluding hydrogens is 336 g/mol. The van der Waals surface area contributed by atoms with Crippen LogP contribution in [0, 0.1) is 5.92 Å². The monoisotopic (exact) mass is 356 g/mol. The number of rotatable bonds is 8. The summed E-state index contributed by atoms with van der Waals surface area (Å²) in [5, 5.41) is 0. The number of ketones is 3. The maximum absolute atomic E-state index is 13.0. The summed E-state index contributed by atoms with van der Waals surface area (Å²) in [6.45, 7) is 0. The van der Waals surface area contributed by atoms with Gasteiger partial charge in [0.1, 0.15) is 0 Å². The van der Waals surface area contributed by atoms with Crippen molar-refractivity contribution in [2.24, 2.45) is 5.92 Å². The van der Waals surface area contributed by atoms with Gasteiger partial charge in [0.2, 0.25) is 0 Å². The minimum absolute atomic E-state index is 0.0102. The van der Waals surface area contributed by atoms with Gasteiger partial charge in [0.05, 0.1) is 0 Å². The first-order valence-corrected chi connectivity index (χ1v) is 8.91. The smallest absolute Gasteiger partial charge is 0.166 e. The molecule has 27 heavy (non-hydrogen) atoms. The van der Waals surface area contributed by atoms with Gasteiger partial charge in [0.15, 0.2) is 17.3 Å². The van der Waals surface area contributed by atoms with Crippen molar-refractivity contribution >= 4 is 17.3 Å². The maximum atomic E-state index is 13.0. The highest BCUT2D eigenvalue weighted by atomic mass is 16.1. The number of hydrogen-bond acceptors (Lipinski definition) is 3. The number of hydrogen-bond donors (Lipinski definition) is 0. The average molecular weight is 356 g/mol. The van der Waals surface area contributed by atoms with Crippen LogP contribution in [0.4, 0.5) is 0 Å². The topological polar surface area (TPSA) is 51.2 Å². The van der Waals surface area contributed by atoms with Crippen LogP contribution >= 0.6 is 0 Å². The average Bonchev–Trinajstić information content (AvgIpc) is 2.74. The third-order valence-corrected chi connectivity index (χ3v) is 4.48. The van der Waals surface area contributed by atoms with Gasteiger partial charge in [0.25, 0.3) is 0 Å². The van der Waals surface area contributed by atoms with Crippen molar-refractivity contribution in [3.63, 3.8) is 0 Å². The van der Waals surface area contributed by atoms with Crippen molar-refractivity contribution in [1.82, 2.24) is 0 Å². The molecule has 134 valence electrons. The zero-order chi connectivity index (χ0) is 19.1. The van der Waals surface area contributed by atoms with Crippen LogP contribution in [0.15, 0.2) is 91.0 Å². The third-order valence-electron chi connectivity index (χ3n) is 4.48. The van der Waals surface area contributed by atoms with Gasteiger partial charge in [0, 0.05) is 35.4 Å². The summed E-state index contributed by atoms with van der Waals surface area (Å²) < 4.78 is 0. The molecule has 0 saturated heterocycles. The van der Waals surface area contributed by atoms with Crippen LogP contribution in [0.2, 0.25) is 0 Å². The molecule has 0 radical (unpaired) electrons. The second-order valence-electron chi connectivity index (χ2n) is 6.41. The highest BCUT2D eigenvalue weighted by Crippen LogP contribution is 2.21. The Balaban J connectivity index is 1.83. The minimum Gasteiger partial charge on any atom is -0.294 e. The summed E-state index contributed by atoms with van der Waals surface area (Å²) in [4.78, 5) is 38.3. The van der Waals surface area contributed by atoms with Crippen LogP contribution in [0.3, 0.4) is 0 Å². The van der Waals surface area contributed by atoms with Gasteiger partial charge >= 0.3 is 0 Å². The zero-order valence-electron chi connectivity index (χ0n) is 14.9. The van der Waals surface area contributed by atoms with Crippen molar-refractivity contribution in [3.8, 4) is 0 Å². The van der Waals surface area contributed by atoms with Crippen LogP contribution < -0.4 is 0 Å². The third kappa shape index (κ3) is 4.85. The Kier molecular flexibility index (Phi) is 6.06. The zero-order valence-corrected chi connectivity index (χ0v) is 14.9. The van der Waals surface area contributed by atoms with Crippen LogP contribution in [0.1, 0.15) is 43.9 Å². The van der Waals surface area contributed by atoms with E-state index < -0.39 is 5.92 Å². The highest BCUT2D eigenvalue weighted by molar-refractivity contribution is 6.07. The van der Waals surface area contributed by atoms with Gasteiger partial charge in [-0.3, -0.25) is 14.4 Å². The standard InChI is InChI=1S/C24H20O3/c25-22(18-10-4-1-5-11-18)16-21(24(27)20-14-8-3-9-15-20)17-23(26)19-12-6-2-7-13-19/h1-15,21H,16-17H2. The first kappa shape index (κ1) is 18.5. The largest absolute Gasteiger partial charge is 0.294 e. The van der Waals surface area contributed by atoms with E-state index in [2.05, 4.69) is 0 Å². The second-order valence-corrected chi connectivity index (χ2v) is 6.41. The number of Topliss-reactive ketones (excluding diaryl/α,β-unsaturated/α-hetero) is 3. The molecule has 3 nitrogen and oxygen atoms in total. The molecule has 0 bridgehead atoms. The Morgan fingerprint density at radius 3 is 1.22 bits per heavy atom. The molecule has 0 amide bonds. The molecular formula is C24H20O3. The first-order valence-electron chi connectivity index (χ1n) is 8.91. The highest BCUT2D eigenvalue weighted by Gasteiger charge is 2.26. The molecule has 0 aliphatic heterocycles. The Hall–Kier alpha value is -3.33. The molecule has 3 rings (SSSR count). The maximum Gasteiger partial charge on any atom is 0.166 e. The molecule has 0 aliphatic carbocycles. The van der Waals surface area contributed by atoms with Gasteiger partial charge in [-0.05, 0) is 0 Å². The van der Waals surface area contributed by atoms with Crippen LogP contribution in [-0.4, -0.2) is 17.3 Å². The molecule has 0 spiro atoms. The lowest BCUT2D eigenvalue weighted by Crippen LogP contribution is -2.22. The Morgan fingerprint density at radius 2 is 0.852 bits per heavy atom. The lowest BCUT2D eigenvalue weighted by Gasteiger charge is -2.15. The van der Waals surface area contributed by atoms with Crippen LogP contribution in [-0.2, 0) is 0 Å². The number of carbonyl (C=O) groups is 3. The Labute approximate surface area is 158 Å². The van der Waals surface area contributed by atoms with E-state index in [1.807, 2.05) is 18.2 Å². The summed E-state index contributed by atoms with van der Waals surface area (Å²) in [6, 6.07) is 26.6. The number of carbonyl (C=O) groups excluding carboxylic acids is 3. The molecule has 0 unspecified atom stereocenters. The summed E-state index contributed by atoms with van der Waals surface area (Å²) in [7, 11) is 0. The van der Waals surface area contributed by atoms with E-state index >= 15 is 0 Å². The predicted octanol–water partition coefficient (Wildman–Crippen LogP) is 5.03. The van der Waals surface area contributed by atoms with E-state index in [0.29, 0.717) is 16.7 Å². The molecule has 0 fully saturated rings. The lowest BCUT2D eigenvalue weighted by molar-refractivity contribution is 0.0807. The quantitative estimate of drug-likeness (QED) is 0.532. The van der Waals surface area contributed by atoms with Crippen molar-refractivity contribution in [2.75, 3.05) is 0 Å². The van der Waals surface area contributed by atoms with E-state index in [1.54, 1.807) is 72.8 Å². The van der Waals surface area contributed by atoms with E-state index in [9.17, 15) is 14.4 Å².